The molecule has 0 atom stereocenters. The van der Waals surface area contributed by atoms with Gasteiger partial charge in [-0.15, -0.1) is 0 Å². The Morgan fingerprint density at radius 2 is 1.96 bits per heavy atom. The molecule has 1 aliphatic carbocycles. The maximum atomic E-state index is 12.8. The van der Waals surface area contributed by atoms with Crippen LogP contribution in [0.1, 0.15) is 17.5 Å². The Morgan fingerprint density at radius 3 is 2.64 bits per heavy atom. The molecule has 2 heterocycles. The fourth-order valence-corrected chi connectivity index (χ4v) is 3.09. The number of halogens is 3. The molecule has 2 aliphatic rings. The van der Waals surface area contributed by atoms with Crippen molar-refractivity contribution in [1.29, 1.82) is 5.26 Å². The van der Waals surface area contributed by atoms with Gasteiger partial charge in [0.1, 0.15) is 17.6 Å². The smallest absolute Gasteiger partial charge is 0.331 e. The molecule has 0 fully saturated rings. The van der Waals surface area contributed by atoms with Gasteiger partial charge in [0.25, 0.3) is 0 Å². The van der Waals surface area contributed by atoms with Crippen LogP contribution in [0, 0.1) is 11.3 Å². The second-order valence-electron chi connectivity index (χ2n) is 6.21. The number of allylic oxidation sites excluding steroid dienone is 4. The predicted molar refractivity (Wildman–Crippen MR) is 96.1 cm³/mol. The van der Waals surface area contributed by atoms with Crippen LogP contribution in [0.5, 0.6) is 0 Å². The van der Waals surface area contributed by atoms with Gasteiger partial charge >= 0.3 is 6.18 Å². The van der Waals surface area contributed by atoms with Crippen LogP contribution in [0.25, 0.3) is 17.0 Å². The molecule has 0 radical (unpaired) electrons. The summed E-state index contributed by atoms with van der Waals surface area (Å²) in [6.07, 6.45) is 0.0493. The van der Waals surface area contributed by atoms with Crippen molar-refractivity contribution >= 4 is 23.6 Å². The molecule has 1 aromatic carbocycles. The summed E-state index contributed by atoms with van der Waals surface area (Å²) in [5.41, 5.74) is 1.44. The number of nitrogens with one attached hydrogen (secondary N) is 1. The lowest BCUT2D eigenvalue weighted by molar-refractivity contribution is -0.137. The highest BCUT2D eigenvalue weighted by atomic mass is 19.4. The molecule has 0 unspecified atom stereocenters. The molecule has 6 nitrogen and oxygen atoms in total. The number of ketones is 1. The van der Waals surface area contributed by atoms with Gasteiger partial charge in [-0.1, -0.05) is 18.2 Å². The van der Waals surface area contributed by atoms with Crippen molar-refractivity contribution in [3.63, 3.8) is 0 Å². The Labute approximate surface area is 157 Å². The number of alkyl halides is 3. The summed E-state index contributed by atoms with van der Waals surface area (Å²) < 4.78 is 39.9. The third-order valence-corrected chi connectivity index (χ3v) is 4.44. The van der Waals surface area contributed by atoms with Crippen LogP contribution in [0.2, 0.25) is 0 Å². The number of nitriles is 1. The van der Waals surface area contributed by atoms with E-state index in [1.165, 1.54) is 35.3 Å². The number of anilines is 1. The molecular formula is C19H12F3N5O. The highest BCUT2D eigenvalue weighted by Gasteiger charge is 2.31. The van der Waals surface area contributed by atoms with Gasteiger partial charge < -0.3 is 5.32 Å². The van der Waals surface area contributed by atoms with Crippen molar-refractivity contribution in [3.05, 3.63) is 53.1 Å². The SMILES string of the molecule is N#CC1=CCC(=O)C=C1n1nc(-c2ccc(C(F)(F)F)cc2)c2c1NC=NC2. The van der Waals surface area contributed by atoms with Crippen molar-refractivity contribution < 1.29 is 18.0 Å². The summed E-state index contributed by atoms with van der Waals surface area (Å²) in [5.74, 6) is 0.353. The lowest BCUT2D eigenvalue weighted by atomic mass is 10.0. The standard InChI is InChI=1S/C19H12F3N5O/c20-19(21,22)13-4-1-11(2-5-13)17-15-9-24-10-25-18(15)27(26-17)16-7-14(28)6-3-12(16)8-23/h1-5,7,10H,6,9H2,(H,24,25). The van der Waals surface area contributed by atoms with E-state index in [9.17, 15) is 23.2 Å². The number of aromatic nitrogens is 2. The molecule has 1 N–H and O–H groups in total. The van der Waals surface area contributed by atoms with Gasteiger partial charge in [-0.25, -0.2) is 4.68 Å². The molecular weight excluding hydrogens is 371 g/mol. The van der Waals surface area contributed by atoms with Crippen LogP contribution < -0.4 is 5.32 Å². The van der Waals surface area contributed by atoms with E-state index < -0.39 is 11.7 Å². The topological polar surface area (TPSA) is 83.1 Å². The number of benzene rings is 1. The number of carbonyl (C=O) groups is 1. The van der Waals surface area contributed by atoms with E-state index >= 15 is 0 Å². The zero-order valence-corrected chi connectivity index (χ0v) is 14.3. The first kappa shape index (κ1) is 17.7. The number of nitrogens with zero attached hydrogens (tertiary/aromatic N) is 4. The highest BCUT2D eigenvalue weighted by molar-refractivity contribution is 6.02. The number of fused-ring (bicyclic) bond motifs is 1. The number of carbonyl (C=O) groups excluding carboxylic acids is 1. The summed E-state index contributed by atoms with van der Waals surface area (Å²) in [7, 11) is 0. The van der Waals surface area contributed by atoms with Crippen molar-refractivity contribution in [1.82, 2.24) is 9.78 Å². The Bertz CT molecular complexity index is 1100. The van der Waals surface area contributed by atoms with Crippen LogP contribution in [0.3, 0.4) is 0 Å². The lowest BCUT2D eigenvalue weighted by Gasteiger charge is -2.15. The summed E-state index contributed by atoms with van der Waals surface area (Å²) in [6, 6.07) is 6.71. The molecule has 4 rings (SSSR count). The molecule has 0 amide bonds. The lowest BCUT2D eigenvalue weighted by Crippen LogP contribution is -2.13. The third kappa shape index (κ3) is 2.99. The van der Waals surface area contributed by atoms with E-state index in [-0.39, 0.29) is 18.7 Å². The minimum atomic E-state index is -4.43. The van der Waals surface area contributed by atoms with Gasteiger partial charge in [0.15, 0.2) is 5.78 Å². The van der Waals surface area contributed by atoms with Gasteiger partial charge in [0.2, 0.25) is 0 Å². The summed E-state index contributed by atoms with van der Waals surface area (Å²) in [6.45, 7) is 0.269. The van der Waals surface area contributed by atoms with E-state index in [0.29, 0.717) is 33.9 Å². The van der Waals surface area contributed by atoms with Gasteiger partial charge in [0, 0.05) is 23.6 Å². The zero-order valence-electron chi connectivity index (χ0n) is 14.3. The van der Waals surface area contributed by atoms with E-state index in [0.717, 1.165) is 12.1 Å². The van der Waals surface area contributed by atoms with Crippen LogP contribution in [0.4, 0.5) is 19.0 Å². The fourth-order valence-electron chi connectivity index (χ4n) is 3.09. The molecule has 2 aromatic rings. The van der Waals surface area contributed by atoms with Crippen molar-refractivity contribution in [2.75, 3.05) is 5.32 Å². The number of hydrogen-bond donors (Lipinski definition) is 1. The van der Waals surface area contributed by atoms with Crippen LogP contribution >= 0.6 is 0 Å². The van der Waals surface area contributed by atoms with Crippen LogP contribution in [-0.4, -0.2) is 21.9 Å². The second kappa shape index (κ2) is 6.49. The minimum Gasteiger partial charge on any atom is -0.331 e. The van der Waals surface area contributed by atoms with E-state index in [2.05, 4.69) is 15.4 Å². The van der Waals surface area contributed by atoms with Crippen molar-refractivity contribution in [2.45, 2.75) is 19.1 Å². The van der Waals surface area contributed by atoms with Crippen molar-refractivity contribution in [3.8, 4) is 17.3 Å². The molecule has 9 heteroatoms. The maximum Gasteiger partial charge on any atom is 0.416 e. The average molecular weight is 383 g/mol. The zero-order chi connectivity index (χ0) is 19.9. The fraction of sp³-hybridized carbons (Fsp3) is 0.158. The Morgan fingerprint density at radius 1 is 1.21 bits per heavy atom. The molecule has 0 spiro atoms. The van der Waals surface area contributed by atoms with Gasteiger partial charge in [-0.05, 0) is 12.1 Å². The molecule has 0 saturated heterocycles. The van der Waals surface area contributed by atoms with Gasteiger partial charge in [-0.3, -0.25) is 9.79 Å². The third-order valence-electron chi connectivity index (χ3n) is 4.44. The number of rotatable bonds is 2. The molecule has 0 bridgehead atoms. The van der Waals surface area contributed by atoms with Crippen molar-refractivity contribution in [2.24, 2.45) is 4.99 Å². The number of aliphatic imine (C=N–C) groups is 1. The Kier molecular flexibility index (Phi) is 4.11. The predicted octanol–water partition coefficient (Wildman–Crippen LogP) is 3.79. The Hall–Kier alpha value is -3.67. The molecule has 1 aromatic heterocycles. The average Bonchev–Trinajstić information content (AvgIpc) is 3.07. The summed E-state index contributed by atoms with van der Waals surface area (Å²) in [5, 5.41) is 16.8. The Balaban J connectivity index is 1.84. The second-order valence-corrected chi connectivity index (χ2v) is 6.21. The largest absolute Gasteiger partial charge is 0.416 e. The minimum absolute atomic E-state index is 0.135. The molecule has 140 valence electrons. The van der Waals surface area contributed by atoms with Crippen LogP contribution in [0.15, 0.2) is 47.0 Å². The maximum absolute atomic E-state index is 12.8. The molecule has 28 heavy (non-hydrogen) atoms. The highest BCUT2D eigenvalue weighted by Crippen LogP contribution is 2.36. The normalized spacial score (nSPS) is 16.0. The monoisotopic (exact) mass is 383 g/mol. The quantitative estimate of drug-likeness (QED) is 0.855. The first-order chi connectivity index (χ1) is 13.4. The van der Waals surface area contributed by atoms with E-state index in [1.54, 1.807) is 0 Å². The number of hydrogen-bond acceptors (Lipinski definition) is 5. The van der Waals surface area contributed by atoms with Crippen LogP contribution in [-0.2, 0) is 17.5 Å². The molecule has 0 saturated carbocycles. The van der Waals surface area contributed by atoms with E-state index in [1.807, 2.05) is 6.07 Å². The first-order valence-electron chi connectivity index (χ1n) is 8.28. The summed E-state index contributed by atoms with van der Waals surface area (Å²) in [4.78, 5) is 16.0. The summed E-state index contributed by atoms with van der Waals surface area (Å²) >= 11 is 0. The van der Waals surface area contributed by atoms with E-state index in [4.69, 9.17) is 0 Å². The van der Waals surface area contributed by atoms with Gasteiger partial charge in [0.05, 0.1) is 29.7 Å². The van der Waals surface area contributed by atoms with Gasteiger partial charge in [-0.2, -0.15) is 23.5 Å². The first-order valence-corrected chi connectivity index (χ1v) is 8.28. The molecule has 1 aliphatic heterocycles.